The van der Waals surface area contributed by atoms with Crippen molar-refractivity contribution < 1.29 is 9.90 Å². The second-order valence-corrected chi connectivity index (χ2v) is 7.82. The summed E-state index contributed by atoms with van der Waals surface area (Å²) in [7, 11) is 1.73. The molecule has 0 bridgehead atoms. The number of hydrogen-bond acceptors (Lipinski definition) is 5. The second-order valence-electron chi connectivity index (χ2n) is 7.82. The van der Waals surface area contributed by atoms with Gasteiger partial charge in [-0.2, -0.15) is 5.26 Å². The zero-order chi connectivity index (χ0) is 21.3. The van der Waals surface area contributed by atoms with E-state index in [1.165, 1.54) is 4.90 Å². The van der Waals surface area contributed by atoms with E-state index in [1.54, 1.807) is 29.8 Å². The number of nitrogens with zero attached hydrogens (tertiary/aromatic N) is 5. The van der Waals surface area contributed by atoms with Gasteiger partial charge in [0.05, 0.1) is 28.6 Å². The molecule has 0 aliphatic carbocycles. The van der Waals surface area contributed by atoms with Crippen LogP contribution in [0, 0.1) is 11.3 Å². The van der Waals surface area contributed by atoms with E-state index in [9.17, 15) is 20.0 Å². The van der Waals surface area contributed by atoms with Crippen LogP contribution in [0.1, 0.15) is 51.0 Å². The molecule has 8 nitrogen and oxygen atoms in total. The summed E-state index contributed by atoms with van der Waals surface area (Å²) in [6, 6.07) is 6.61. The van der Waals surface area contributed by atoms with Crippen molar-refractivity contribution in [1.29, 1.82) is 5.26 Å². The first-order valence-electron chi connectivity index (χ1n) is 9.94. The lowest BCUT2D eigenvalue weighted by Crippen LogP contribution is -2.59. The van der Waals surface area contributed by atoms with Gasteiger partial charge >= 0.3 is 6.09 Å². The molecule has 3 rings (SSSR count). The van der Waals surface area contributed by atoms with Gasteiger partial charge in [0.1, 0.15) is 5.82 Å². The van der Waals surface area contributed by atoms with Crippen LogP contribution >= 0.6 is 0 Å². The highest BCUT2D eigenvalue weighted by molar-refractivity contribution is 5.79. The van der Waals surface area contributed by atoms with Crippen molar-refractivity contribution in [3.8, 4) is 6.07 Å². The van der Waals surface area contributed by atoms with Crippen molar-refractivity contribution in [1.82, 2.24) is 19.4 Å². The normalized spacial score (nSPS) is 21.1. The van der Waals surface area contributed by atoms with E-state index >= 15 is 0 Å². The van der Waals surface area contributed by atoms with Crippen molar-refractivity contribution >= 4 is 17.0 Å². The van der Waals surface area contributed by atoms with E-state index < -0.39 is 6.09 Å². The molecule has 0 spiro atoms. The van der Waals surface area contributed by atoms with E-state index in [0.29, 0.717) is 35.4 Å². The summed E-state index contributed by atoms with van der Waals surface area (Å²) >= 11 is 0. The van der Waals surface area contributed by atoms with Gasteiger partial charge in [0.15, 0.2) is 0 Å². The summed E-state index contributed by atoms with van der Waals surface area (Å²) in [5.74, 6) is 0.655. The van der Waals surface area contributed by atoms with Gasteiger partial charge < -0.3 is 10.0 Å². The van der Waals surface area contributed by atoms with Crippen LogP contribution in [0.5, 0.6) is 0 Å². The number of hydrogen-bond donors (Lipinski definition) is 1. The fraction of sp³-hybridized carbons (Fsp3) is 0.524. The Morgan fingerprint density at radius 1 is 1.34 bits per heavy atom. The van der Waals surface area contributed by atoms with Crippen LogP contribution in [0.15, 0.2) is 23.0 Å². The topological polar surface area (TPSA) is 102 Å². The Morgan fingerprint density at radius 2 is 2.00 bits per heavy atom. The van der Waals surface area contributed by atoms with Gasteiger partial charge in [-0.3, -0.25) is 14.3 Å². The van der Waals surface area contributed by atoms with Crippen molar-refractivity contribution in [2.75, 3.05) is 13.1 Å². The van der Waals surface area contributed by atoms with Crippen LogP contribution in [0.25, 0.3) is 10.9 Å². The van der Waals surface area contributed by atoms with Crippen LogP contribution in [0.4, 0.5) is 4.79 Å². The smallest absolute Gasteiger partial charge is 0.407 e. The molecule has 0 radical (unpaired) electrons. The molecular weight excluding hydrogens is 370 g/mol. The SMILES string of the molecule is CCCC(c1nc2cc(C#N)ccc2c(=O)n1C)N1CC(C)N(C(=O)O)C(C)C1. The van der Waals surface area contributed by atoms with Crippen molar-refractivity contribution in [3.05, 3.63) is 39.9 Å². The van der Waals surface area contributed by atoms with Gasteiger partial charge in [-0.25, -0.2) is 9.78 Å². The lowest BCUT2D eigenvalue weighted by atomic mass is 10.0. The molecule has 29 heavy (non-hydrogen) atoms. The van der Waals surface area contributed by atoms with Gasteiger partial charge in [-0.15, -0.1) is 0 Å². The molecule has 1 aliphatic heterocycles. The highest BCUT2D eigenvalue weighted by Gasteiger charge is 2.37. The predicted molar refractivity (Wildman–Crippen MR) is 110 cm³/mol. The lowest BCUT2D eigenvalue weighted by Gasteiger charge is -2.45. The molecular formula is C21H27N5O3. The fourth-order valence-electron chi connectivity index (χ4n) is 4.40. The summed E-state index contributed by atoms with van der Waals surface area (Å²) in [5, 5.41) is 19.2. The number of amides is 1. The average Bonchev–Trinajstić information content (AvgIpc) is 2.67. The second kappa shape index (κ2) is 8.21. The van der Waals surface area contributed by atoms with Gasteiger partial charge in [-0.05, 0) is 38.5 Å². The molecule has 1 fully saturated rings. The van der Waals surface area contributed by atoms with E-state index in [0.717, 1.165) is 12.8 Å². The molecule has 154 valence electrons. The minimum absolute atomic E-state index is 0.103. The summed E-state index contributed by atoms with van der Waals surface area (Å²) < 4.78 is 1.59. The maximum absolute atomic E-state index is 12.9. The van der Waals surface area contributed by atoms with Crippen molar-refractivity contribution in [2.24, 2.45) is 7.05 Å². The average molecular weight is 397 g/mol. The number of aromatic nitrogens is 2. The third-order valence-electron chi connectivity index (χ3n) is 5.71. The summed E-state index contributed by atoms with van der Waals surface area (Å²) in [6.07, 6.45) is 0.798. The first-order chi connectivity index (χ1) is 13.8. The number of fused-ring (bicyclic) bond motifs is 1. The number of benzene rings is 1. The molecule has 1 N–H and O–H groups in total. The minimum atomic E-state index is -0.906. The quantitative estimate of drug-likeness (QED) is 0.851. The van der Waals surface area contributed by atoms with E-state index in [-0.39, 0.29) is 23.7 Å². The Balaban J connectivity index is 2.06. The number of rotatable bonds is 4. The molecule has 2 aromatic rings. The highest BCUT2D eigenvalue weighted by atomic mass is 16.4. The summed E-state index contributed by atoms with van der Waals surface area (Å²) in [6.45, 7) is 7.05. The Labute approximate surface area is 170 Å². The van der Waals surface area contributed by atoms with E-state index in [4.69, 9.17) is 4.98 Å². The zero-order valence-corrected chi connectivity index (χ0v) is 17.3. The molecule has 0 saturated carbocycles. The van der Waals surface area contributed by atoms with Crippen LogP contribution in [-0.4, -0.2) is 55.7 Å². The minimum Gasteiger partial charge on any atom is -0.465 e. The monoisotopic (exact) mass is 397 g/mol. The zero-order valence-electron chi connectivity index (χ0n) is 17.3. The van der Waals surface area contributed by atoms with Crippen LogP contribution in [-0.2, 0) is 7.05 Å². The first-order valence-corrected chi connectivity index (χ1v) is 9.94. The fourth-order valence-corrected chi connectivity index (χ4v) is 4.40. The Morgan fingerprint density at radius 3 is 2.55 bits per heavy atom. The lowest BCUT2D eigenvalue weighted by molar-refractivity contribution is 0.0172. The van der Waals surface area contributed by atoms with Crippen molar-refractivity contribution in [3.63, 3.8) is 0 Å². The van der Waals surface area contributed by atoms with E-state index in [1.807, 2.05) is 13.8 Å². The molecule has 3 unspecified atom stereocenters. The van der Waals surface area contributed by atoms with Crippen LogP contribution in [0.3, 0.4) is 0 Å². The summed E-state index contributed by atoms with van der Waals surface area (Å²) in [5.41, 5.74) is 0.850. The molecule has 1 saturated heterocycles. The number of piperazine rings is 1. The maximum atomic E-state index is 12.9. The maximum Gasteiger partial charge on any atom is 0.407 e. The summed E-state index contributed by atoms with van der Waals surface area (Å²) in [4.78, 5) is 33.0. The number of nitriles is 1. The van der Waals surface area contributed by atoms with Gasteiger partial charge in [0.2, 0.25) is 0 Å². The first kappa shape index (κ1) is 20.8. The Bertz CT molecular complexity index is 1010. The van der Waals surface area contributed by atoms with Crippen molar-refractivity contribution in [2.45, 2.75) is 51.7 Å². The van der Waals surface area contributed by atoms with Gasteiger partial charge in [0.25, 0.3) is 5.56 Å². The highest BCUT2D eigenvalue weighted by Crippen LogP contribution is 2.29. The van der Waals surface area contributed by atoms with E-state index in [2.05, 4.69) is 17.9 Å². The molecule has 3 atom stereocenters. The molecule has 2 heterocycles. The van der Waals surface area contributed by atoms with Gasteiger partial charge in [-0.1, -0.05) is 13.3 Å². The number of carbonyl (C=O) groups is 1. The number of carboxylic acid groups (broad SMARTS) is 1. The van der Waals surface area contributed by atoms with Crippen LogP contribution in [0.2, 0.25) is 0 Å². The third-order valence-corrected chi connectivity index (χ3v) is 5.71. The Hall–Kier alpha value is -2.92. The molecule has 1 aromatic heterocycles. The third kappa shape index (κ3) is 3.83. The molecule has 1 aromatic carbocycles. The van der Waals surface area contributed by atoms with Crippen LogP contribution < -0.4 is 5.56 Å². The molecule has 8 heteroatoms. The largest absolute Gasteiger partial charge is 0.465 e. The Kier molecular flexibility index (Phi) is 5.89. The van der Waals surface area contributed by atoms with Gasteiger partial charge in [0, 0.05) is 32.2 Å². The standard InChI is InChI=1S/C21H27N5O3/c1-5-6-18(25-11-13(2)26(21(28)29)14(3)12-25)19-23-17-9-15(10-22)7-8-16(17)20(27)24(19)4/h7-9,13-14,18H,5-6,11-12H2,1-4H3,(H,28,29). The molecule has 1 aliphatic rings. The predicted octanol–water partition coefficient (Wildman–Crippen LogP) is 2.72. The molecule has 1 amide bonds.